The van der Waals surface area contributed by atoms with Crippen molar-refractivity contribution in [2.45, 2.75) is 19.0 Å². The second-order valence-corrected chi connectivity index (χ2v) is 7.40. The number of methoxy groups -OCH3 is 2. The lowest BCUT2D eigenvalue weighted by Gasteiger charge is -2.18. The molecule has 0 aromatic heterocycles. The van der Waals surface area contributed by atoms with Crippen LogP contribution in [0.4, 0.5) is 0 Å². The third-order valence-electron chi connectivity index (χ3n) is 5.53. The lowest BCUT2D eigenvalue weighted by Crippen LogP contribution is -2.37. The molecule has 0 saturated carbocycles. The van der Waals surface area contributed by atoms with Crippen LogP contribution in [-0.4, -0.2) is 44.2 Å². The van der Waals surface area contributed by atoms with E-state index in [1.165, 1.54) is 16.3 Å². The van der Waals surface area contributed by atoms with Crippen LogP contribution in [0.25, 0.3) is 10.8 Å². The Hall–Kier alpha value is -3.05. The molecule has 150 valence electrons. The van der Waals surface area contributed by atoms with Gasteiger partial charge in [-0.3, -0.25) is 9.69 Å². The van der Waals surface area contributed by atoms with Gasteiger partial charge in [0.2, 0.25) is 0 Å². The summed E-state index contributed by atoms with van der Waals surface area (Å²) < 4.78 is 10.6. The summed E-state index contributed by atoms with van der Waals surface area (Å²) in [6.07, 6.45) is 0.939. The van der Waals surface area contributed by atoms with E-state index >= 15 is 0 Å². The van der Waals surface area contributed by atoms with E-state index in [1.54, 1.807) is 32.4 Å². The minimum absolute atomic E-state index is 0.110. The number of nitrogens with one attached hydrogen (secondary N) is 1. The Bertz CT molecular complexity index is 1010. The Balaban J connectivity index is 1.41. The highest BCUT2D eigenvalue weighted by Gasteiger charge is 2.25. The molecule has 5 nitrogen and oxygen atoms in total. The Morgan fingerprint density at radius 3 is 2.72 bits per heavy atom. The van der Waals surface area contributed by atoms with Crippen LogP contribution in [0.5, 0.6) is 11.5 Å². The molecule has 1 fully saturated rings. The molecular weight excluding hydrogens is 364 g/mol. The molecule has 0 spiro atoms. The van der Waals surface area contributed by atoms with Crippen LogP contribution in [0.2, 0.25) is 0 Å². The molecule has 5 heteroatoms. The van der Waals surface area contributed by atoms with Crippen molar-refractivity contribution in [2.24, 2.45) is 0 Å². The van der Waals surface area contributed by atoms with Crippen LogP contribution >= 0.6 is 0 Å². The van der Waals surface area contributed by atoms with Crippen LogP contribution in [0.15, 0.2) is 60.7 Å². The van der Waals surface area contributed by atoms with Crippen molar-refractivity contribution in [3.05, 3.63) is 71.8 Å². The maximum Gasteiger partial charge on any atom is 0.255 e. The molecule has 1 saturated heterocycles. The number of fused-ring (bicyclic) bond motifs is 1. The quantitative estimate of drug-likeness (QED) is 0.694. The Morgan fingerprint density at radius 2 is 1.90 bits per heavy atom. The molecule has 29 heavy (non-hydrogen) atoms. The molecule has 1 atom stereocenters. The van der Waals surface area contributed by atoms with E-state index in [1.807, 2.05) is 0 Å². The monoisotopic (exact) mass is 390 g/mol. The summed E-state index contributed by atoms with van der Waals surface area (Å²) in [5, 5.41) is 5.72. The zero-order chi connectivity index (χ0) is 20.2. The number of benzene rings is 3. The van der Waals surface area contributed by atoms with Gasteiger partial charge in [-0.15, -0.1) is 0 Å². The number of carbonyl (C=O) groups is 1. The van der Waals surface area contributed by atoms with Crippen LogP contribution in [0.3, 0.4) is 0 Å². The topological polar surface area (TPSA) is 50.8 Å². The first-order valence-electron chi connectivity index (χ1n) is 9.90. The van der Waals surface area contributed by atoms with Crippen molar-refractivity contribution in [1.82, 2.24) is 10.2 Å². The van der Waals surface area contributed by atoms with Gasteiger partial charge >= 0.3 is 0 Å². The third kappa shape index (κ3) is 4.20. The molecule has 3 aromatic rings. The molecule has 1 heterocycles. The van der Waals surface area contributed by atoms with E-state index in [4.69, 9.17) is 9.47 Å². The highest BCUT2D eigenvalue weighted by Crippen LogP contribution is 2.25. The molecule has 1 amide bonds. The fourth-order valence-corrected chi connectivity index (χ4v) is 4.01. The molecule has 1 aliphatic heterocycles. The standard InChI is InChI=1S/C24H26N2O3/c1-28-20-10-11-22(23(14-20)29-2)24(27)25-19-12-13-26(16-19)15-18-8-5-7-17-6-3-4-9-21(17)18/h3-11,14,19H,12-13,15-16H2,1-2H3,(H,25,27)/t19-/m1/s1. The average molecular weight is 390 g/mol. The number of hydrogen-bond donors (Lipinski definition) is 1. The van der Waals surface area contributed by atoms with Crippen LogP contribution in [-0.2, 0) is 6.54 Å². The largest absolute Gasteiger partial charge is 0.497 e. The first kappa shape index (κ1) is 19.3. The van der Waals surface area contributed by atoms with Gasteiger partial charge < -0.3 is 14.8 Å². The lowest BCUT2D eigenvalue weighted by molar-refractivity contribution is 0.0934. The maximum atomic E-state index is 12.8. The molecule has 1 N–H and O–H groups in total. The lowest BCUT2D eigenvalue weighted by atomic mass is 10.0. The first-order valence-corrected chi connectivity index (χ1v) is 9.90. The van der Waals surface area contributed by atoms with Gasteiger partial charge in [0.25, 0.3) is 5.91 Å². The minimum atomic E-state index is -0.110. The summed E-state index contributed by atoms with van der Waals surface area (Å²) in [7, 11) is 3.16. The van der Waals surface area contributed by atoms with E-state index in [0.29, 0.717) is 17.1 Å². The normalized spacial score (nSPS) is 16.7. The summed E-state index contributed by atoms with van der Waals surface area (Å²) in [5.41, 5.74) is 1.85. The zero-order valence-electron chi connectivity index (χ0n) is 16.9. The van der Waals surface area contributed by atoms with E-state index in [9.17, 15) is 4.79 Å². The van der Waals surface area contributed by atoms with Crippen LogP contribution < -0.4 is 14.8 Å². The molecule has 1 aliphatic rings. The van der Waals surface area contributed by atoms with Gasteiger partial charge in [-0.2, -0.15) is 0 Å². The summed E-state index contributed by atoms with van der Waals surface area (Å²) in [6.45, 7) is 2.70. The van der Waals surface area contributed by atoms with Gasteiger partial charge in [0.15, 0.2) is 0 Å². The van der Waals surface area contributed by atoms with Crippen LogP contribution in [0.1, 0.15) is 22.3 Å². The first-order chi connectivity index (χ1) is 14.2. The Kier molecular flexibility index (Phi) is 5.67. The molecule has 0 unspecified atom stereocenters. The third-order valence-corrected chi connectivity index (χ3v) is 5.53. The predicted octanol–water partition coefficient (Wildman–Crippen LogP) is 3.86. The minimum Gasteiger partial charge on any atom is -0.497 e. The highest BCUT2D eigenvalue weighted by molar-refractivity contribution is 5.97. The molecule has 0 radical (unpaired) electrons. The summed E-state index contributed by atoms with van der Waals surface area (Å²) in [5.74, 6) is 1.08. The van der Waals surface area contributed by atoms with Crippen molar-refractivity contribution in [2.75, 3.05) is 27.3 Å². The Labute approximate surface area is 171 Å². The van der Waals surface area contributed by atoms with E-state index in [-0.39, 0.29) is 11.9 Å². The Morgan fingerprint density at radius 1 is 1.07 bits per heavy atom. The van der Waals surface area contributed by atoms with Crippen molar-refractivity contribution in [3.8, 4) is 11.5 Å². The van der Waals surface area contributed by atoms with Crippen LogP contribution in [0, 0.1) is 0 Å². The van der Waals surface area contributed by atoms with Gasteiger partial charge in [0.1, 0.15) is 11.5 Å². The molecular formula is C24H26N2O3. The van der Waals surface area contributed by atoms with Gasteiger partial charge in [0, 0.05) is 31.7 Å². The number of carbonyl (C=O) groups excluding carboxylic acids is 1. The van der Waals surface area contributed by atoms with E-state index in [2.05, 4.69) is 52.7 Å². The summed E-state index contributed by atoms with van der Waals surface area (Å²) >= 11 is 0. The van der Waals surface area contributed by atoms with E-state index in [0.717, 1.165) is 26.1 Å². The van der Waals surface area contributed by atoms with Crippen molar-refractivity contribution >= 4 is 16.7 Å². The highest BCUT2D eigenvalue weighted by atomic mass is 16.5. The van der Waals surface area contributed by atoms with Crippen molar-refractivity contribution in [1.29, 1.82) is 0 Å². The molecule has 4 rings (SSSR count). The molecule has 3 aromatic carbocycles. The summed E-state index contributed by atoms with van der Waals surface area (Å²) in [6, 6.07) is 20.3. The number of ether oxygens (including phenoxy) is 2. The van der Waals surface area contributed by atoms with Crippen molar-refractivity contribution in [3.63, 3.8) is 0 Å². The number of hydrogen-bond acceptors (Lipinski definition) is 4. The SMILES string of the molecule is COc1ccc(C(=O)N[C@@H]2CCN(Cc3cccc4ccccc34)C2)c(OC)c1. The average Bonchev–Trinajstić information content (AvgIpc) is 3.20. The smallest absolute Gasteiger partial charge is 0.255 e. The number of nitrogens with zero attached hydrogens (tertiary/aromatic N) is 1. The summed E-state index contributed by atoms with van der Waals surface area (Å²) in [4.78, 5) is 15.2. The van der Waals surface area contributed by atoms with Gasteiger partial charge in [-0.1, -0.05) is 42.5 Å². The second-order valence-electron chi connectivity index (χ2n) is 7.40. The number of amides is 1. The van der Waals surface area contributed by atoms with Gasteiger partial charge in [-0.25, -0.2) is 0 Å². The maximum absolute atomic E-state index is 12.8. The molecule has 0 aliphatic carbocycles. The fourth-order valence-electron chi connectivity index (χ4n) is 4.01. The van der Waals surface area contributed by atoms with E-state index < -0.39 is 0 Å². The fraction of sp³-hybridized carbons (Fsp3) is 0.292. The van der Waals surface area contributed by atoms with Gasteiger partial charge in [0.05, 0.1) is 19.8 Å². The number of likely N-dealkylation sites (tertiary alicyclic amines) is 1. The van der Waals surface area contributed by atoms with Crippen molar-refractivity contribution < 1.29 is 14.3 Å². The second kappa shape index (κ2) is 8.53. The molecule has 0 bridgehead atoms. The van der Waals surface area contributed by atoms with Gasteiger partial charge in [-0.05, 0) is 34.9 Å². The predicted molar refractivity (Wildman–Crippen MR) is 115 cm³/mol. The number of rotatable bonds is 6. The zero-order valence-corrected chi connectivity index (χ0v) is 16.9.